The Hall–Kier alpha value is -7.16. The number of para-hydroxylation sites is 1. The molecule has 0 radical (unpaired) electrons. The monoisotopic (exact) mass is 729 g/mol. The lowest BCUT2D eigenvalue weighted by molar-refractivity contribution is 0.660. The normalized spacial score (nSPS) is 12.9. The number of furan rings is 1. The van der Waals surface area contributed by atoms with E-state index in [1.54, 1.807) is 0 Å². The summed E-state index contributed by atoms with van der Waals surface area (Å²) in [5.74, 6) is 0. The van der Waals surface area contributed by atoms with Crippen LogP contribution in [0.3, 0.4) is 0 Å². The van der Waals surface area contributed by atoms with Crippen LogP contribution < -0.4 is 4.90 Å². The predicted molar refractivity (Wildman–Crippen MR) is 240 cm³/mol. The molecule has 11 rings (SSSR count). The van der Waals surface area contributed by atoms with Gasteiger partial charge in [-0.3, -0.25) is 0 Å². The summed E-state index contributed by atoms with van der Waals surface area (Å²) < 4.78 is 6.92. The number of hydrogen-bond acceptors (Lipinski definition) is 2. The Morgan fingerprint density at radius 3 is 1.77 bits per heavy atom. The first-order valence-corrected chi connectivity index (χ1v) is 19.8. The van der Waals surface area contributed by atoms with E-state index in [1.165, 1.54) is 55.3 Å². The lowest BCUT2D eigenvalue weighted by Crippen LogP contribution is -2.16. The van der Waals surface area contributed by atoms with E-state index in [2.05, 4.69) is 219 Å². The van der Waals surface area contributed by atoms with Gasteiger partial charge in [0.1, 0.15) is 11.2 Å². The molecule has 2 nitrogen and oxygen atoms in total. The van der Waals surface area contributed by atoms with E-state index >= 15 is 0 Å². The number of nitrogens with zero attached hydrogens (tertiary/aromatic N) is 1. The zero-order valence-corrected chi connectivity index (χ0v) is 31.9. The van der Waals surface area contributed by atoms with Crippen LogP contribution in [0.15, 0.2) is 205 Å². The van der Waals surface area contributed by atoms with Gasteiger partial charge in [-0.2, -0.15) is 0 Å². The van der Waals surface area contributed by atoms with Crippen molar-refractivity contribution in [3.05, 3.63) is 211 Å². The van der Waals surface area contributed by atoms with E-state index in [0.717, 1.165) is 50.1 Å². The molecule has 270 valence electrons. The molecular formula is C55H39NO. The number of benzene rings is 9. The summed E-state index contributed by atoms with van der Waals surface area (Å²) in [4.78, 5) is 2.47. The molecule has 9 aromatic carbocycles. The van der Waals surface area contributed by atoms with Gasteiger partial charge >= 0.3 is 0 Å². The third-order valence-corrected chi connectivity index (χ3v) is 12.1. The van der Waals surface area contributed by atoms with Gasteiger partial charge in [-0.15, -0.1) is 0 Å². The van der Waals surface area contributed by atoms with Crippen molar-refractivity contribution in [3.63, 3.8) is 0 Å². The van der Waals surface area contributed by atoms with Crippen LogP contribution in [-0.2, 0) is 5.41 Å². The van der Waals surface area contributed by atoms with Gasteiger partial charge in [-0.25, -0.2) is 0 Å². The first-order valence-electron chi connectivity index (χ1n) is 19.8. The minimum Gasteiger partial charge on any atom is -0.455 e. The van der Waals surface area contributed by atoms with Gasteiger partial charge in [-0.1, -0.05) is 178 Å². The molecule has 0 amide bonds. The van der Waals surface area contributed by atoms with E-state index < -0.39 is 0 Å². The van der Waals surface area contributed by atoms with Crippen LogP contribution in [0.2, 0.25) is 0 Å². The maximum absolute atomic E-state index is 6.92. The van der Waals surface area contributed by atoms with Gasteiger partial charge in [0, 0.05) is 27.6 Å². The molecule has 0 aliphatic heterocycles. The second-order valence-corrected chi connectivity index (χ2v) is 15.7. The Balaban J connectivity index is 1.14. The fourth-order valence-corrected chi connectivity index (χ4v) is 9.29. The molecule has 1 heterocycles. The van der Waals surface area contributed by atoms with Crippen molar-refractivity contribution in [1.29, 1.82) is 0 Å². The van der Waals surface area contributed by atoms with Crippen molar-refractivity contribution in [1.82, 2.24) is 0 Å². The Labute approximate surface area is 332 Å². The maximum atomic E-state index is 6.92. The topological polar surface area (TPSA) is 16.4 Å². The molecule has 1 aromatic heterocycles. The van der Waals surface area contributed by atoms with Crippen LogP contribution in [0.5, 0.6) is 0 Å². The highest BCUT2D eigenvalue weighted by atomic mass is 16.3. The fourth-order valence-electron chi connectivity index (χ4n) is 9.29. The third kappa shape index (κ3) is 5.25. The van der Waals surface area contributed by atoms with Crippen LogP contribution in [0.1, 0.15) is 25.0 Å². The highest BCUT2D eigenvalue weighted by molar-refractivity contribution is 6.19. The Morgan fingerprint density at radius 2 is 0.982 bits per heavy atom. The molecule has 0 saturated carbocycles. The SMILES string of the molecule is CC1(C)c2ccccc2-c2c(N(c3ccc(-c4ccc(-c5ccccc5)cc4)cc3)c3ccc(-c4cccc5ccccc45)c4oc5ccccc5c34)cccc21. The quantitative estimate of drug-likeness (QED) is 0.169. The zero-order chi connectivity index (χ0) is 38.1. The van der Waals surface area contributed by atoms with Crippen LogP contribution >= 0.6 is 0 Å². The van der Waals surface area contributed by atoms with E-state index in [-0.39, 0.29) is 5.41 Å². The molecule has 0 fully saturated rings. The third-order valence-electron chi connectivity index (χ3n) is 12.1. The maximum Gasteiger partial charge on any atom is 0.145 e. The molecule has 0 unspecified atom stereocenters. The van der Waals surface area contributed by atoms with Gasteiger partial charge in [0.05, 0.1) is 16.8 Å². The minimum absolute atomic E-state index is 0.140. The van der Waals surface area contributed by atoms with Crippen molar-refractivity contribution in [2.75, 3.05) is 4.90 Å². The first kappa shape index (κ1) is 33.2. The summed E-state index contributed by atoms with van der Waals surface area (Å²) in [6.45, 7) is 4.70. The zero-order valence-electron chi connectivity index (χ0n) is 31.9. The summed E-state index contributed by atoms with van der Waals surface area (Å²) in [5, 5.41) is 4.61. The van der Waals surface area contributed by atoms with Gasteiger partial charge in [0.15, 0.2) is 0 Å². The summed E-state index contributed by atoms with van der Waals surface area (Å²) in [7, 11) is 0. The van der Waals surface area contributed by atoms with Crippen molar-refractivity contribution in [2.45, 2.75) is 19.3 Å². The van der Waals surface area contributed by atoms with E-state index in [1.807, 2.05) is 0 Å². The van der Waals surface area contributed by atoms with Crippen molar-refractivity contribution >= 4 is 49.8 Å². The standard InChI is InChI=1S/C55H39NO/c1-55(2)47-22-10-8-19-45(47)52-48(55)23-13-24-49(52)56(41-32-30-39(31-33-41)38-28-26-37(27-29-38)36-14-4-3-5-15-36)50-35-34-44(43-21-12-17-40-16-6-7-18-42(40)43)54-53(50)46-20-9-11-25-51(46)57-54/h3-35H,1-2H3. The van der Waals surface area contributed by atoms with Gasteiger partial charge in [0.25, 0.3) is 0 Å². The number of fused-ring (bicyclic) bond motifs is 7. The summed E-state index contributed by atoms with van der Waals surface area (Å²) in [6.07, 6.45) is 0. The number of rotatable bonds is 6. The van der Waals surface area contributed by atoms with Gasteiger partial charge < -0.3 is 9.32 Å². The van der Waals surface area contributed by atoms with Crippen molar-refractivity contribution in [2.24, 2.45) is 0 Å². The second-order valence-electron chi connectivity index (χ2n) is 15.7. The molecule has 57 heavy (non-hydrogen) atoms. The molecule has 1 aliphatic rings. The van der Waals surface area contributed by atoms with Crippen LogP contribution in [0, 0.1) is 0 Å². The minimum atomic E-state index is -0.140. The average Bonchev–Trinajstić information content (AvgIpc) is 3.77. The highest BCUT2D eigenvalue weighted by Gasteiger charge is 2.38. The fraction of sp³-hybridized carbons (Fsp3) is 0.0545. The van der Waals surface area contributed by atoms with E-state index in [4.69, 9.17) is 4.42 Å². The van der Waals surface area contributed by atoms with Gasteiger partial charge in [0.2, 0.25) is 0 Å². The molecule has 2 heteroatoms. The second kappa shape index (κ2) is 13.0. The molecule has 10 aromatic rings. The highest BCUT2D eigenvalue weighted by Crippen LogP contribution is 2.55. The molecule has 0 N–H and O–H groups in total. The molecule has 0 atom stereocenters. The molecule has 0 spiro atoms. The Bertz CT molecular complexity index is 3130. The van der Waals surface area contributed by atoms with Crippen molar-refractivity contribution < 1.29 is 4.42 Å². The largest absolute Gasteiger partial charge is 0.455 e. The smallest absolute Gasteiger partial charge is 0.145 e. The summed E-state index contributed by atoms with van der Waals surface area (Å²) >= 11 is 0. The first-order chi connectivity index (χ1) is 28.0. The van der Waals surface area contributed by atoms with E-state index in [9.17, 15) is 0 Å². The molecule has 1 aliphatic carbocycles. The van der Waals surface area contributed by atoms with Crippen LogP contribution in [-0.4, -0.2) is 0 Å². The van der Waals surface area contributed by atoms with Crippen molar-refractivity contribution in [3.8, 4) is 44.5 Å². The Morgan fingerprint density at radius 1 is 0.404 bits per heavy atom. The summed E-state index contributed by atoms with van der Waals surface area (Å²) in [6, 6.07) is 72.5. The molecule has 0 saturated heterocycles. The number of hydrogen-bond donors (Lipinski definition) is 0. The summed E-state index contributed by atoms with van der Waals surface area (Å²) in [5.41, 5.74) is 17.2. The van der Waals surface area contributed by atoms with E-state index in [0.29, 0.717) is 0 Å². The lowest BCUT2D eigenvalue weighted by Gasteiger charge is -2.30. The van der Waals surface area contributed by atoms with Crippen LogP contribution in [0.4, 0.5) is 17.1 Å². The van der Waals surface area contributed by atoms with Gasteiger partial charge in [-0.05, 0) is 91.7 Å². The average molecular weight is 730 g/mol. The predicted octanol–water partition coefficient (Wildman–Crippen LogP) is 15.5. The molecule has 0 bridgehead atoms. The lowest BCUT2D eigenvalue weighted by atomic mass is 9.82. The molecular weight excluding hydrogens is 691 g/mol. The number of anilines is 3. The Kier molecular flexibility index (Phi) is 7.55. The van der Waals surface area contributed by atoms with Crippen LogP contribution in [0.25, 0.3) is 77.2 Å².